The van der Waals surface area contributed by atoms with Crippen LogP contribution in [0.2, 0.25) is 0 Å². The third-order valence-corrected chi connectivity index (χ3v) is 2.46. The molecule has 0 amide bonds. The first kappa shape index (κ1) is 9.08. The zero-order valence-corrected chi connectivity index (χ0v) is 8.74. The summed E-state index contributed by atoms with van der Waals surface area (Å²) >= 11 is 9.37. The van der Waals surface area contributed by atoms with Gasteiger partial charge < -0.3 is 0 Å². The molecule has 60 valence electrons. The minimum absolute atomic E-state index is 0.369. The topological polar surface area (TPSA) is 0 Å². The summed E-state index contributed by atoms with van der Waals surface area (Å²) in [6, 6.07) is 0. The fraction of sp³-hybridized carbons (Fsp3) is 0.333. The van der Waals surface area contributed by atoms with Crippen molar-refractivity contribution in [2.24, 2.45) is 0 Å². The van der Waals surface area contributed by atoms with E-state index in [0.29, 0.717) is 0 Å². The molecule has 0 saturated heterocycles. The first-order valence-corrected chi connectivity index (χ1v) is 4.61. The first-order valence-electron chi connectivity index (χ1n) is 3.44. The lowest BCUT2D eigenvalue weighted by atomic mass is 10.0. The standard InChI is InChI=1S/C9H10BrCl/c1-7(2)8-3-5-9(10,11)6-4-8/h3-5H,1,6H2,2H3. The van der Waals surface area contributed by atoms with Gasteiger partial charge in [-0.25, -0.2) is 0 Å². The molecule has 0 fully saturated rings. The van der Waals surface area contributed by atoms with Gasteiger partial charge in [-0.05, 0) is 18.9 Å². The molecule has 2 heteroatoms. The summed E-state index contributed by atoms with van der Waals surface area (Å²) in [7, 11) is 0. The highest BCUT2D eigenvalue weighted by Gasteiger charge is 2.20. The molecule has 11 heavy (non-hydrogen) atoms. The van der Waals surface area contributed by atoms with Crippen LogP contribution in [0.25, 0.3) is 0 Å². The normalized spacial score (nSPS) is 29.9. The Kier molecular flexibility index (Phi) is 2.61. The maximum absolute atomic E-state index is 6.00. The largest absolute Gasteiger partial charge is 0.121 e. The first-order chi connectivity index (χ1) is 5.01. The Morgan fingerprint density at radius 3 is 2.82 bits per heavy atom. The molecule has 0 N–H and O–H groups in total. The third kappa shape index (κ3) is 2.49. The fourth-order valence-electron chi connectivity index (χ4n) is 0.910. The molecule has 1 aliphatic rings. The number of hydrogen-bond donors (Lipinski definition) is 0. The van der Waals surface area contributed by atoms with Gasteiger partial charge in [-0.15, -0.1) is 11.6 Å². The van der Waals surface area contributed by atoms with E-state index in [4.69, 9.17) is 11.6 Å². The van der Waals surface area contributed by atoms with Gasteiger partial charge >= 0.3 is 0 Å². The third-order valence-electron chi connectivity index (χ3n) is 1.59. The van der Waals surface area contributed by atoms with Gasteiger partial charge in [0.25, 0.3) is 0 Å². The quantitative estimate of drug-likeness (QED) is 0.605. The summed E-state index contributed by atoms with van der Waals surface area (Å²) in [6.07, 6.45) is 6.84. The Morgan fingerprint density at radius 1 is 1.82 bits per heavy atom. The van der Waals surface area contributed by atoms with Gasteiger partial charge in [0.05, 0.1) is 0 Å². The molecule has 0 aromatic heterocycles. The minimum Gasteiger partial charge on any atom is -0.102 e. The van der Waals surface area contributed by atoms with Crippen LogP contribution in [0.3, 0.4) is 0 Å². The van der Waals surface area contributed by atoms with Crippen LogP contribution in [0.4, 0.5) is 0 Å². The lowest BCUT2D eigenvalue weighted by molar-refractivity contribution is 0.980. The van der Waals surface area contributed by atoms with E-state index in [0.717, 1.165) is 12.0 Å². The van der Waals surface area contributed by atoms with Crippen LogP contribution in [0, 0.1) is 0 Å². The molecule has 1 rings (SSSR count). The lowest BCUT2D eigenvalue weighted by Crippen LogP contribution is -2.09. The van der Waals surface area contributed by atoms with Crippen molar-refractivity contribution >= 4 is 27.5 Å². The van der Waals surface area contributed by atoms with Gasteiger partial charge in [-0.3, -0.25) is 0 Å². The van der Waals surface area contributed by atoms with Crippen molar-refractivity contribution in [2.75, 3.05) is 0 Å². The van der Waals surface area contributed by atoms with Crippen molar-refractivity contribution in [1.82, 2.24) is 0 Å². The zero-order chi connectivity index (χ0) is 8.48. The lowest BCUT2D eigenvalue weighted by Gasteiger charge is -2.18. The summed E-state index contributed by atoms with van der Waals surface area (Å²) in [5.74, 6) is 0. The Balaban J connectivity index is 2.75. The summed E-state index contributed by atoms with van der Waals surface area (Å²) in [6.45, 7) is 5.84. The molecular weight excluding hydrogens is 223 g/mol. The van der Waals surface area contributed by atoms with E-state index < -0.39 is 0 Å². The molecule has 0 nitrogen and oxygen atoms in total. The number of alkyl halides is 2. The zero-order valence-electron chi connectivity index (χ0n) is 6.40. The molecule has 0 aliphatic heterocycles. The summed E-state index contributed by atoms with van der Waals surface area (Å²) in [4.78, 5) is 0. The summed E-state index contributed by atoms with van der Waals surface area (Å²) < 4.78 is -0.369. The van der Waals surface area contributed by atoms with Crippen LogP contribution in [0.15, 0.2) is 36.0 Å². The number of hydrogen-bond acceptors (Lipinski definition) is 0. The second kappa shape index (κ2) is 3.16. The second-order valence-corrected chi connectivity index (χ2v) is 5.28. The molecule has 1 atom stereocenters. The average Bonchev–Trinajstić information content (AvgIpc) is 1.86. The number of allylic oxidation sites excluding steroid dienone is 5. The fourth-order valence-corrected chi connectivity index (χ4v) is 1.34. The van der Waals surface area contributed by atoms with Crippen molar-refractivity contribution in [3.63, 3.8) is 0 Å². The van der Waals surface area contributed by atoms with Gasteiger partial charge in [-0.1, -0.05) is 46.3 Å². The highest BCUT2D eigenvalue weighted by Crippen LogP contribution is 2.34. The van der Waals surface area contributed by atoms with Crippen molar-refractivity contribution in [1.29, 1.82) is 0 Å². The summed E-state index contributed by atoms with van der Waals surface area (Å²) in [5.41, 5.74) is 2.27. The number of halogens is 2. The maximum atomic E-state index is 6.00. The van der Waals surface area contributed by atoms with Crippen LogP contribution < -0.4 is 0 Å². The van der Waals surface area contributed by atoms with Crippen molar-refractivity contribution < 1.29 is 0 Å². The van der Waals surface area contributed by atoms with Crippen molar-refractivity contribution in [3.05, 3.63) is 36.0 Å². The van der Waals surface area contributed by atoms with E-state index >= 15 is 0 Å². The monoisotopic (exact) mass is 232 g/mol. The molecule has 1 aliphatic carbocycles. The van der Waals surface area contributed by atoms with Crippen LogP contribution in [-0.2, 0) is 0 Å². The van der Waals surface area contributed by atoms with Crippen LogP contribution in [-0.4, -0.2) is 3.78 Å². The van der Waals surface area contributed by atoms with E-state index in [1.807, 2.05) is 19.1 Å². The molecule has 0 bridgehead atoms. The Labute approximate surface area is 80.8 Å². The van der Waals surface area contributed by atoms with Crippen LogP contribution in [0.5, 0.6) is 0 Å². The van der Waals surface area contributed by atoms with E-state index in [9.17, 15) is 0 Å². The van der Waals surface area contributed by atoms with Gasteiger partial charge in [-0.2, -0.15) is 0 Å². The highest BCUT2D eigenvalue weighted by atomic mass is 79.9. The molecule has 1 unspecified atom stereocenters. The maximum Gasteiger partial charge on any atom is 0.121 e. The molecular formula is C9H10BrCl. The predicted octanol–water partition coefficient (Wildman–Crippen LogP) is 3.78. The Morgan fingerprint density at radius 2 is 2.45 bits per heavy atom. The van der Waals surface area contributed by atoms with E-state index in [2.05, 4.69) is 28.6 Å². The van der Waals surface area contributed by atoms with Crippen LogP contribution >= 0.6 is 27.5 Å². The molecule has 0 saturated carbocycles. The summed E-state index contributed by atoms with van der Waals surface area (Å²) in [5, 5.41) is 0. The molecule has 0 heterocycles. The van der Waals surface area contributed by atoms with Gasteiger partial charge in [0.1, 0.15) is 3.78 Å². The highest BCUT2D eigenvalue weighted by molar-refractivity contribution is 9.10. The van der Waals surface area contributed by atoms with Gasteiger partial charge in [0.15, 0.2) is 0 Å². The molecule has 0 spiro atoms. The van der Waals surface area contributed by atoms with Crippen LogP contribution in [0.1, 0.15) is 13.3 Å². The van der Waals surface area contributed by atoms with E-state index in [1.54, 1.807) is 0 Å². The smallest absolute Gasteiger partial charge is 0.102 e. The van der Waals surface area contributed by atoms with Crippen molar-refractivity contribution in [3.8, 4) is 0 Å². The Bertz CT molecular complexity index is 236. The van der Waals surface area contributed by atoms with E-state index in [1.165, 1.54) is 5.57 Å². The SMILES string of the molecule is C=C(C)C1=CCC(Cl)(Br)C=C1. The molecule has 0 radical (unpaired) electrons. The Hall–Kier alpha value is -0.0100. The van der Waals surface area contributed by atoms with Crippen molar-refractivity contribution in [2.45, 2.75) is 17.1 Å². The molecule has 0 aromatic carbocycles. The average molecular weight is 234 g/mol. The number of rotatable bonds is 1. The van der Waals surface area contributed by atoms with Gasteiger partial charge in [0, 0.05) is 0 Å². The predicted molar refractivity (Wildman–Crippen MR) is 54.2 cm³/mol. The van der Waals surface area contributed by atoms with E-state index in [-0.39, 0.29) is 3.78 Å². The second-order valence-electron chi connectivity index (χ2n) is 2.74. The molecule has 0 aromatic rings. The minimum atomic E-state index is -0.369. The van der Waals surface area contributed by atoms with Gasteiger partial charge in [0.2, 0.25) is 0 Å².